The lowest BCUT2D eigenvalue weighted by molar-refractivity contribution is -0.116. The summed E-state index contributed by atoms with van der Waals surface area (Å²) in [6.07, 6.45) is 0.992. The third-order valence-electron chi connectivity index (χ3n) is 1.60. The van der Waals surface area contributed by atoms with Crippen LogP contribution in [0.4, 0.5) is 0 Å². The number of aromatic nitrogens is 2. The molecule has 0 fully saturated rings. The van der Waals surface area contributed by atoms with E-state index >= 15 is 0 Å². The Morgan fingerprint density at radius 1 is 1.43 bits per heavy atom. The molecule has 0 saturated carbocycles. The maximum atomic E-state index is 10.8. The van der Waals surface area contributed by atoms with Crippen molar-refractivity contribution in [2.45, 2.75) is 40.5 Å². The number of nitrogens with zero attached hydrogens (tertiary/aromatic N) is 2. The first-order valence-electron chi connectivity index (χ1n) is 4.68. The van der Waals surface area contributed by atoms with E-state index in [2.05, 4.69) is 30.9 Å². The predicted octanol–water partition coefficient (Wildman–Crippen LogP) is 1.79. The number of rotatable bonds is 3. The summed E-state index contributed by atoms with van der Waals surface area (Å²) in [6, 6.07) is 0. The molecular formula is C10H16N2O2. The number of hydrogen-bond acceptors (Lipinski definition) is 4. The Hall–Kier alpha value is -1.19. The molecule has 0 aliphatic rings. The monoisotopic (exact) mass is 196 g/mol. The number of Topliss-reactive ketones (excluding diaryl/α,β-unsaturated/α-hetero) is 1. The second kappa shape index (κ2) is 3.90. The molecule has 0 bridgehead atoms. The molecule has 4 heteroatoms. The Bertz CT molecular complexity index is 323. The van der Waals surface area contributed by atoms with E-state index in [-0.39, 0.29) is 17.6 Å². The largest absolute Gasteiger partial charge is 0.339 e. The summed E-state index contributed by atoms with van der Waals surface area (Å²) in [6.45, 7) is 7.81. The van der Waals surface area contributed by atoms with Crippen molar-refractivity contribution in [3.05, 3.63) is 11.7 Å². The summed E-state index contributed by atoms with van der Waals surface area (Å²) in [5.74, 6) is 1.14. The Labute approximate surface area is 83.7 Å². The van der Waals surface area contributed by atoms with Crippen LogP contribution in [0.15, 0.2) is 4.52 Å². The van der Waals surface area contributed by atoms with Gasteiger partial charge in [-0.15, -0.1) is 0 Å². The molecule has 0 atom stereocenters. The SMILES string of the molecule is CC(=O)Cc1noc(CC(C)(C)C)n1. The van der Waals surface area contributed by atoms with E-state index in [1.54, 1.807) is 0 Å². The summed E-state index contributed by atoms with van der Waals surface area (Å²) >= 11 is 0. The summed E-state index contributed by atoms with van der Waals surface area (Å²) in [7, 11) is 0. The number of hydrogen-bond donors (Lipinski definition) is 0. The Morgan fingerprint density at radius 2 is 2.07 bits per heavy atom. The van der Waals surface area contributed by atoms with Crippen LogP contribution in [0.2, 0.25) is 0 Å². The van der Waals surface area contributed by atoms with E-state index in [0.717, 1.165) is 6.42 Å². The average molecular weight is 196 g/mol. The molecule has 0 radical (unpaired) electrons. The molecule has 0 saturated heterocycles. The average Bonchev–Trinajstić information content (AvgIpc) is 2.30. The second-order valence-corrected chi connectivity index (χ2v) is 4.72. The van der Waals surface area contributed by atoms with Crippen LogP contribution < -0.4 is 0 Å². The third-order valence-corrected chi connectivity index (χ3v) is 1.60. The van der Waals surface area contributed by atoms with E-state index in [1.165, 1.54) is 6.92 Å². The van der Waals surface area contributed by atoms with E-state index in [0.29, 0.717) is 11.7 Å². The number of carbonyl (C=O) groups is 1. The quantitative estimate of drug-likeness (QED) is 0.739. The van der Waals surface area contributed by atoms with Gasteiger partial charge in [0, 0.05) is 6.42 Å². The first-order valence-corrected chi connectivity index (χ1v) is 4.68. The maximum absolute atomic E-state index is 10.8. The molecule has 1 rings (SSSR count). The molecule has 78 valence electrons. The lowest BCUT2D eigenvalue weighted by Crippen LogP contribution is -2.09. The number of ketones is 1. The summed E-state index contributed by atoms with van der Waals surface area (Å²) in [4.78, 5) is 14.9. The molecule has 0 aromatic carbocycles. The van der Waals surface area contributed by atoms with Gasteiger partial charge in [0.1, 0.15) is 5.78 Å². The first kappa shape index (κ1) is 10.9. The third kappa shape index (κ3) is 3.68. The van der Waals surface area contributed by atoms with Gasteiger partial charge in [-0.2, -0.15) is 4.98 Å². The van der Waals surface area contributed by atoms with Gasteiger partial charge in [0.2, 0.25) is 5.89 Å². The molecule has 0 spiro atoms. The van der Waals surface area contributed by atoms with Crippen molar-refractivity contribution < 1.29 is 9.32 Å². The Balaban J connectivity index is 2.64. The zero-order valence-corrected chi connectivity index (χ0v) is 9.13. The van der Waals surface area contributed by atoms with Crippen molar-refractivity contribution in [3.63, 3.8) is 0 Å². The fourth-order valence-electron chi connectivity index (χ4n) is 1.11. The van der Waals surface area contributed by atoms with Crippen LogP contribution in [0.1, 0.15) is 39.4 Å². The van der Waals surface area contributed by atoms with Crippen molar-refractivity contribution in [2.24, 2.45) is 5.41 Å². The van der Waals surface area contributed by atoms with Gasteiger partial charge < -0.3 is 4.52 Å². The van der Waals surface area contributed by atoms with Crippen LogP contribution in [0.3, 0.4) is 0 Å². The van der Waals surface area contributed by atoms with Crippen LogP contribution in [-0.4, -0.2) is 15.9 Å². The first-order chi connectivity index (χ1) is 6.37. The smallest absolute Gasteiger partial charge is 0.227 e. The predicted molar refractivity (Wildman–Crippen MR) is 51.8 cm³/mol. The van der Waals surface area contributed by atoms with Crippen LogP contribution in [-0.2, 0) is 17.6 Å². The van der Waals surface area contributed by atoms with Crippen molar-refractivity contribution >= 4 is 5.78 Å². The molecule has 1 aromatic heterocycles. The Kier molecular flexibility index (Phi) is 3.03. The fourth-order valence-corrected chi connectivity index (χ4v) is 1.11. The minimum absolute atomic E-state index is 0.0492. The molecule has 14 heavy (non-hydrogen) atoms. The second-order valence-electron chi connectivity index (χ2n) is 4.72. The van der Waals surface area contributed by atoms with Crippen LogP contribution >= 0.6 is 0 Å². The van der Waals surface area contributed by atoms with E-state index < -0.39 is 0 Å². The van der Waals surface area contributed by atoms with Crippen LogP contribution in [0.25, 0.3) is 0 Å². The van der Waals surface area contributed by atoms with Crippen molar-refractivity contribution in [1.82, 2.24) is 10.1 Å². The van der Waals surface area contributed by atoms with Gasteiger partial charge in [0.15, 0.2) is 5.82 Å². The van der Waals surface area contributed by atoms with Gasteiger partial charge in [0.25, 0.3) is 0 Å². The molecule has 0 aliphatic carbocycles. The van der Waals surface area contributed by atoms with Gasteiger partial charge in [-0.05, 0) is 12.3 Å². The van der Waals surface area contributed by atoms with E-state index in [4.69, 9.17) is 4.52 Å². The van der Waals surface area contributed by atoms with Gasteiger partial charge in [-0.3, -0.25) is 4.79 Å². The molecule has 4 nitrogen and oxygen atoms in total. The highest BCUT2D eigenvalue weighted by Gasteiger charge is 2.16. The minimum Gasteiger partial charge on any atom is -0.339 e. The topological polar surface area (TPSA) is 56.0 Å². The van der Waals surface area contributed by atoms with Gasteiger partial charge >= 0.3 is 0 Å². The molecular weight excluding hydrogens is 180 g/mol. The highest BCUT2D eigenvalue weighted by Crippen LogP contribution is 2.19. The van der Waals surface area contributed by atoms with Crippen molar-refractivity contribution in [3.8, 4) is 0 Å². The van der Waals surface area contributed by atoms with Crippen molar-refractivity contribution in [1.29, 1.82) is 0 Å². The minimum atomic E-state index is 0.0492. The lowest BCUT2D eigenvalue weighted by Gasteiger charge is -2.13. The number of carbonyl (C=O) groups excluding carboxylic acids is 1. The standard InChI is InChI=1S/C10H16N2O2/c1-7(13)5-8-11-9(14-12-8)6-10(2,3)4/h5-6H2,1-4H3. The fraction of sp³-hybridized carbons (Fsp3) is 0.700. The van der Waals surface area contributed by atoms with E-state index in [9.17, 15) is 4.79 Å². The molecule has 0 N–H and O–H groups in total. The summed E-state index contributed by atoms with van der Waals surface area (Å²) in [5.41, 5.74) is 0.125. The van der Waals surface area contributed by atoms with Crippen LogP contribution in [0, 0.1) is 5.41 Å². The summed E-state index contributed by atoms with van der Waals surface area (Å²) in [5, 5.41) is 3.73. The van der Waals surface area contributed by atoms with Crippen LogP contribution in [0.5, 0.6) is 0 Å². The van der Waals surface area contributed by atoms with Gasteiger partial charge in [-0.1, -0.05) is 25.9 Å². The van der Waals surface area contributed by atoms with Crippen molar-refractivity contribution in [2.75, 3.05) is 0 Å². The highest BCUT2D eigenvalue weighted by atomic mass is 16.5. The normalized spacial score (nSPS) is 11.7. The lowest BCUT2D eigenvalue weighted by atomic mass is 9.92. The molecule has 0 amide bonds. The van der Waals surface area contributed by atoms with Gasteiger partial charge in [-0.25, -0.2) is 0 Å². The molecule has 0 aliphatic heterocycles. The zero-order chi connectivity index (χ0) is 10.8. The molecule has 0 unspecified atom stereocenters. The van der Waals surface area contributed by atoms with E-state index in [1.807, 2.05) is 0 Å². The maximum Gasteiger partial charge on any atom is 0.227 e. The summed E-state index contributed by atoms with van der Waals surface area (Å²) < 4.78 is 5.03. The Morgan fingerprint density at radius 3 is 2.57 bits per heavy atom. The molecule has 1 heterocycles. The zero-order valence-electron chi connectivity index (χ0n) is 9.13. The van der Waals surface area contributed by atoms with Gasteiger partial charge in [0.05, 0.1) is 6.42 Å². The molecule has 1 aromatic rings. The highest BCUT2D eigenvalue weighted by molar-refractivity contribution is 5.77.